The Morgan fingerprint density at radius 2 is 1.70 bits per heavy atom. The summed E-state index contributed by atoms with van der Waals surface area (Å²) in [6.07, 6.45) is 4.11. The van der Waals surface area contributed by atoms with Gasteiger partial charge in [-0.25, -0.2) is 0 Å². The maximum absolute atomic E-state index is 12.9. The van der Waals surface area contributed by atoms with Crippen molar-refractivity contribution in [3.05, 3.63) is 22.4 Å². The van der Waals surface area contributed by atoms with Gasteiger partial charge in [-0.05, 0) is 31.2 Å². The second kappa shape index (κ2) is 9.47. The van der Waals surface area contributed by atoms with Crippen molar-refractivity contribution in [2.24, 2.45) is 0 Å². The Kier molecular flexibility index (Phi) is 7.27. The van der Waals surface area contributed by atoms with Crippen molar-refractivity contribution < 1.29 is 13.2 Å². The average molecular weight is 415 g/mol. The van der Waals surface area contributed by atoms with E-state index in [4.69, 9.17) is 0 Å². The van der Waals surface area contributed by atoms with Gasteiger partial charge in [-0.1, -0.05) is 18.9 Å². The molecule has 1 amide bonds. The molecule has 1 unspecified atom stereocenters. The van der Waals surface area contributed by atoms with Crippen LogP contribution in [0.2, 0.25) is 0 Å². The number of piperazine rings is 1. The number of amides is 1. The second-order valence-corrected chi connectivity index (χ2v) is 10.2. The summed E-state index contributed by atoms with van der Waals surface area (Å²) in [6.45, 7) is 5.76. The van der Waals surface area contributed by atoms with Gasteiger partial charge >= 0.3 is 0 Å². The molecule has 3 heterocycles. The van der Waals surface area contributed by atoms with Gasteiger partial charge in [0.1, 0.15) is 0 Å². The summed E-state index contributed by atoms with van der Waals surface area (Å²) in [5.41, 5.74) is 0. The molecule has 2 saturated heterocycles. The Labute approximate surface area is 166 Å². The summed E-state index contributed by atoms with van der Waals surface area (Å²) in [5.74, 6) is -0.00720. The van der Waals surface area contributed by atoms with Crippen LogP contribution in [0.5, 0.6) is 0 Å². The molecule has 2 aliphatic heterocycles. The van der Waals surface area contributed by atoms with E-state index in [0.29, 0.717) is 45.8 Å². The third-order valence-electron chi connectivity index (χ3n) is 5.43. The molecule has 1 N–H and O–H groups in total. The van der Waals surface area contributed by atoms with E-state index in [9.17, 15) is 13.2 Å². The summed E-state index contributed by atoms with van der Waals surface area (Å²) in [5, 5.41) is 4.97. The Hall–Kier alpha value is -1.00. The summed E-state index contributed by atoms with van der Waals surface area (Å²) >= 11 is 1.62. The van der Waals surface area contributed by atoms with Crippen molar-refractivity contribution in [2.75, 3.05) is 39.3 Å². The SMILES string of the molecule is CC(C(=O)NCc1cccs1)N1CCN(S(=O)(=O)N2CCCCCC2)CC1. The lowest BCUT2D eigenvalue weighted by atomic mass is 10.2. The van der Waals surface area contributed by atoms with E-state index in [2.05, 4.69) is 10.2 Å². The first-order valence-electron chi connectivity index (χ1n) is 9.78. The maximum atomic E-state index is 12.9. The van der Waals surface area contributed by atoms with Gasteiger partial charge in [-0.2, -0.15) is 17.0 Å². The highest BCUT2D eigenvalue weighted by Crippen LogP contribution is 2.18. The van der Waals surface area contributed by atoms with E-state index in [-0.39, 0.29) is 11.9 Å². The lowest BCUT2D eigenvalue weighted by Crippen LogP contribution is -2.57. The van der Waals surface area contributed by atoms with Crippen LogP contribution in [0.1, 0.15) is 37.5 Å². The average Bonchev–Trinajstić information content (AvgIpc) is 3.05. The standard InChI is InChI=1S/C18H30N4O3S2/c1-16(18(23)19-15-17-7-6-14-26-17)20-10-12-22(13-11-20)27(24,25)21-8-4-2-3-5-9-21/h6-7,14,16H,2-5,8-13,15H2,1H3,(H,19,23). The fourth-order valence-corrected chi connectivity index (χ4v) is 5.97. The Morgan fingerprint density at radius 3 is 2.30 bits per heavy atom. The van der Waals surface area contributed by atoms with E-state index < -0.39 is 10.2 Å². The van der Waals surface area contributed by atoms with Crippen LogP contribution >= 0.6 is 11.3 Å². The third kappa shape index (κ3) is 5.29. The number of thiophene rings is 1. The first-order valence-corrected chi connectivity index (χ1v) is 12.1. The Morgan fingerprint density at radius 1 is 1.07 bits per heavy atom. The molecule has 27 heavy (non-hydrogen) atoms. The monoisotopic (exact) mass is 414 g/mol. The van der Waals surface area contributed by atoms with Crippen LogP contribution in [0.4, 0.5) is 0 Å². The van der Waals surface area contributed by atoms with Gasteiger partial charge in [0, 0.05) is 44.1 Å². The Balaban J connectivity index is 1.49. The van der Waals surface area contributed by atoms with Gasteiger partial charge in [-0.3, -0.25) is 9.69 Å². The molecule has 0 spiro atoms. The normalized spacial score (nSPS) is 22.3. The number of carbonyl (C=O) groups is 1. The lowest BCUT2D eigenvalue weighted by molar-refractivity contribution is -0.126. The fourth-order valence-electron chi connectivity index (χ4n) is 3.66. The molecule has 0 aromatic carbocycles. The molecule has 2 aliphatic rings. The highest BCUT2D eigenvalue weighted by Gasteiger charge is 2.34. The first-order chi connectivity index (χ1) is 13.0. The van der Waals surface area contributed by atoms with Crippen molar-refractivity contribution in [2.45, 2.75) is 45.2 Å². The zero-order valence-electron chi connectivity index (χ0n) is 16.0. The second-order valence-electron chi connectivity index (χ2n) is 7.23. The van der Waals surface area contributed by atoms with E-state index in [0.717, 1.165) is 30.6 Å². The minimum Gasteiger partial charge on any atom is -0.350 e. The highest BCUT2D eigenvalue weighted by atomic mass is 32.2. The van der Waals surface area contributed by atoms with Crippen LogP contribution in [-0.2, 0) is 21.5 Å². The zero-order valence-corrected chi connectivity index (χ0v) is 17.6. The summed E-state index contributed by atoms with van der Waals surface area (Å²) in [4.78, 5) is 15.6. The lowest BCUT2D eigenvalue weighted by Gasteiger charge is -2.38. The van der Waals surface area contributed by atoms with Crippen molar-refractivity contribution in [1.82, 2.24) is 18.8 Å². The van der Waals surface area contributed by atoms with Crippen molar-refractivity contribution in [1.29, 1.82) is 0 Å². The third-order valence-corrected chi connectivity index (χ3v) is 8.35. The van der Waals surface area contributed by atoms with Gasteiger partial charge < -0.3 is 5.32 Å². The zero-order chi connectivity index (χ0) is 19.3. The number of carbonyl (C=O) groups excluding carboxylic acids is 1. The molecule has 3 rings (SSSR count). The molecule has 1 aromatic heterocycles. The first kappa shape index (κ1) is 20.7. The molecular weight excluding hydrogens is 384 g/mol. The van der Waals surface area contributed by atoms with E-state index >= 15 is 0 Å². The number of rotatable bonds is 6. The fraction of sp³-hybridized carbons (Fsp3) is 0.722. The minimum atomic E-state index is -3.38. The van der Waals surface area contributed by atoms with Gasteiger partial charge in [0.15, 0.2) is 0 Å². The van der Waals surface area contributed by atoms with Crippen LogP contribution in [0.3, 0.4) is 0 Å². The van der Waals surface area contributed by atoms with E-state index in [1.165, 1.54) is 0 Å². The summed E-state index contributed by atoms with van der Waals surface area (Å²) in [6, 6.07) is 3.72. The topological polar surface area (TPSA) is 73.0 Å². The molecule has 1 atom stereocenters. The minimum absolute atomic E-state index is 0.00720. The Bertz CT molecular complexity index is 692. The predicted octanol–water partition coefficient (Wildman–Crippen LogP) is 1.49. The summed E-state index contributed by atoms with van der Waals surface area (Å²) < 4.78 is 29.0. The van der Waals surface area contributed by atoms with Crippen molar-refractivity contribution >= 4 is 27.5 Å². The van der Waals surface area contributed by atoms with Crippen molar-refractivity contribution in [3.8, 4) is 0 Å². The molecule has 0 radical (unpaired) electrons. The largest absolute Gasteiger partial charge is 0.350 e. The molecule has 152 valence electrons. The van der Waals surface area contributed by atoms with Gasteiger partial charge in [-0.15, -0.1) is 11.3 Å². The highest BCUT2D eigenvalue weighted by molar-refractivity contribution is 7.86. The van der Waals surface area contributed by atoms with Crippen LogP contribution in [0.15, 0.2) is 17.5 Å². The number of nitrogens with one attached hydrogen (secondary N) is 1. The molecule has 7 nitrogen and oxygen atoms in total. The van der Waals surface area contributed by atoms with Crippen LogP contribution < -0.4 is 5.32 Å². The van der Waals surface area contributed by atoms with Crippen LogP contribution in [0.25, 0.3) is 0 Å². The molecule has 0 saturated carbocycles. The maximum Gasteiger partial charge on any atom is 0.282 e. The molecule has 0 aliphatic carbocycles. The molecule has 0 bridgehead atoms. The summed E-state index contributed by atoms with van der Waals surface area (Å²) in [7, 11) is -3.38. The number of hydrogen-bond acceptors (Lipinski definition) is 5. The number of nitrogens with zero attached hydrogens (tertiary/aromatic N) is 3. The molecule has 1 aromatic rings. The van der Waals surface area contributed by atoms with Crippen LogP contribution in [0, 0.1) is 0 Å². The predicted molar refractivity (Wildman–Crippen MR) is 108 cm³/mol. The smallest absolute Gasteiger partial charge is 0.282 e. The molecule has 9 heteroatoms. The molecular formula is C18H30N4O3S2. The van der Waals surface area contributed by atoms with Crippen molar-refractivity contribution in [3.63, 3.8) is 0 Å². The van der Waals surface area contributed by atoms with E-state index in [1.54, 1.807) is 19.9 Å². The van der Waals surface area contributed by atoms with Crippen LogP contribution in [-0.4, -0.2) is 73.1 Å². The van der Waals surface area contributed by atoms with Gasteiger partial charge in [0.2, 0.25) is 5.91 Å². The van der Waals surface area contributed by atoms with Gasteiger partial charge in [0.05, 0.1) is 12.6 Å². The molecule has 2 fully saturated rings. The quantitative estimate of drug-likeness (QED) is 0.766. The van der Waals surface area contributed by atoms with E-state index in [1.807, 2.05) is 24.4 Å². The van der Waals surface area contributed by atoms with Gasteiger partial charge in [0.25, 0.3) is 10.2 Å². The number of hydrogen-bond donors (Lipinski definition) is 1.